The maximum atomic E-state index is 13.1. The first kappa shape index (κ1) is 14.9. The van der Waals surface area contributed by atoms with Gasteiger partial charge in [-0.1, -0.05) is 23.8 Å². The maximum absolute atomic E-state index is 13.1. The largest absolute Gasteiger partial charge is 0.398 e. The number of nitrogens with zero attached hydrogens (tertiary/aromatic N) is 1. The second-order valence-electron chi connectivity index (χ2n) is 5.79. The Morgan fingerprint density at radius 1 is 1.14 bits per heavy atom. The highest BCUT2D eigenvalue weighted by Gasteiger charge is 2.30. The van der Waals surface area contributed by atoms with Crippen molar-refractivity contribution in [2.45, 2.75) is 31.6 Å². The second-order valence-corrected chi connectivity index (χ2v) is 7.63. The lowest BCUT2D eigenvalue weighted by Gasteiger charge is -2.31. The second kappa shape index (κ2) is 5.32. The molecule has 1 aliphatic rings. The van der Waals surface area contributed by atoms with E-state index in [1.54, 1.807) is 6.07 Å². The third kappa shape index (κ3) is 2.35. The number of benzene rings is 2. The molecule has 22 heavy (non-hydrogen) atoms. The summed E-state index contributed by atoms with van der Waals surface area (Å²) in [6, 6.07) is 10.9. The molecule has 0 spiro atoms. The van der Waals surface area contributed by atoms with E-state index in [9.17, 15) is 8.42 Å². The van der Waals surface area contributed by atoms with Crippen LogP contribution in [0.4, 0.5) is 11.4 Å². The minimum Gasteiger partial charge on any atom is -0.398 e. The van der Waals surface area contributed by atoms with Crippen LogP contribution >= 0.6 is 0 Å². The summed E-state index contributed by atoms with van der Waals surface area (Å²) in [6.45, 7) is 4.29. The fourth-order valence-electron chi connectivity index (χ4n) is 3.08. The molecule has 0 unspecified atom stereocenters. The van der Waals surface area contributed by atoms with Crippen LogP contribution in [-0.4, -0.2) is 15.0 Å². The predicted molar refractivity (Wildman–Crippen MR) is 89.6 cm³/mol. The molecular formula is C17H20N2O2S. The number of hydrogen-bond donors (Lipinski definition) is 1. The van der Waals surface area contributed by atoms with Crippen LogP contribution in [-0.2, 0) is 16.4 Å². The molecule has 2 N–H and O–H groups in total. The molecule has 0 aromatic heterocycles. The Balaban J connectivity index is 2.14. The van der Waals surface area contributed by atoms with Crippen LogP contribution in [0.1, 0.15) is 23.1 Å². The molecule has 0 bridgehead atoms. The van der Waals surface area contributed by atoms with Crippen LogP contribution in [0.2, 0.25) is 0 Å². The molecular weight excluding hydrogens is 296 g/mol. The Hall–Kier alpha value is -2.01. The summed E-state index contributed by atoms with van der Waals surface area (Å²) >= 11 is 0. The molecule has 0 atom stereocenters. The van der Waals surface area contributed by atoms with E-state index in [1.807, 2.05) is 44.2 Å². The monoisotopic (exact) mass is 316 g/mol. The number of sulfonamides is 1. The maximum Gasteiger partial charge on any atom is 0.264 e. The van der Waals surface area contributed by atoms with Crippen LogP contribution in [0, 0.1) is 13.8 Å². The first-order valence-corrected chi connectivity index (χ1v) is 8.82. The Bertz CT molecular complexity index is 829. The summed E-state index contributed by atoms with van der Waals surface area (Å²) in [7, 11) is -3.56. The molecule has 0 radical (unpaired) electrons. The van der Waals surface area contributed by atoms with E-state index < -0.39 is 10.0 Å². The molecule has 0 fully saturated rings. The van der Waals surface area contributed by atoms with Gasteiger partial charge in [0, 0.05) is 12.2 Å². The average Bonchev–Trinajstić information content (AvgIpc) is 2.46. The highest BCUT2D eigenvalue weighted by Crippen LogP contribution is 2.35. The van der Waals surface area contributed by atoms with Crippen molar-refractivity contribution in [1.29, 1.82) is 0 Å². The van der Waals surface area contributed by atoms with E-state index in [0.717, 1.165) is 29.5 Å². The van der Waals surface area contributed by atoms with Gasteiger partial charge in [0.2, 0.25) is 0 Å². The van der Waals surface area contributed by atoms with Crippen LogP contribution in [0.15, 0.2) is 41.3 Å². The van der Waals surface area contributed by atoms with E-state index in [0.29, 0.717) is 22.8 Å². The van der Waals surface area contributed by atoms with Gasteiger partial charge in [0.15, 0.2) is 0 Å². The molecule has 2 aromatic carbocycles. The Kier molecular flexibility index (Phi) is 3.60. The lowest BCUT2D eigenvalue weighted by atomic mass is 10.0. The summed E-state index contributed by atoms with van der Waals surface area (Å²) in [5, 5.41) is 0. The van der Waals surface area contributed by atoms with Gasteiger partial charge in [-0.25, -0.2) is 8.42 Å². The number of fused-ring (bicyclic) bond motifs is 1. The van der Waals surface area contributed by atoms with E-state index in [4.69, 9.17) is 5.73 Å². The van der Waals surface area contributed by atoms with Gasteiger partial charge in [-0.05, 0) is 56.0 Å². The van der Waals surface area contributed by atoms with Crippen LogP contribution in [0.25, 0.3) is 0 Å². The Morgan fingerprint density at radius 2 is 1.91 bits per heavy atom. The molecule has 2 aromatic rings. The summed E-state index contributed by atoms with van der Waals surface area (Å²) in [4.78, 5) is 0.369. The molecule has 4 nitrogen and oxygen atoms in total. The third-order valence-electron chi connectivity index (χ3n) is 4.14. The van der Waals surface area contributed by atoms with Gasteiger partial charge in [0.25, 0.3) is 10.0 Å². The topological polar surface area (TPSA) is 63.4 Å². The lowest BCUT2D eigenvalue weighted by molar-refractivity contribution is 0.586. The van der Waals surface area contributed by atoms with Crippen molar-refractivity contribution in [2.75, 3.05) is 16.6 Å². The van der Waals surface area contributed by atoms with Crippen molar-refractivity contribution >= 4 is 21.4 Å². The van der Waals surface area contributed by atoms with Crippen molar-refractivity contribution in [3.05, 3.63) is 53.1 Å². The summed E-state index contributed by atoms with van der Waals surface area (Å²) in [5.41, 5.74) is 10.2. The Labute approximate surface area is 131 Å². The molecule has 0 aliphatic carbocycles. The Morgan fingerprint density at radius 3 is 2.64 bits per heavy atom. The summed E-state index contributed by atoms with van der Waals surface area (Å²) in [5.74, 6) is 0. The van der Waals surface area contributed by atoms with Gasteiger partial charge >= 0.3 is 0 Å². The van der Waals surface area contributed by atoms with Gasteiger partial charge in [-0.2, -0.15) is 0 Å². The lowest BCUT2D eigenvalue weighted by Crippen LogP contribution is -2.36. The van der Waals surface area contributed by atoms with Gasteiger partial charge < -0.3 is 5.73 Å². The first-order valence-electron chi connectivity index (χ1n) is 7.38. The van der Waals surface area contributed by atoms with E-state index in [-0.39, 0.29) is 0 Å². The van der Waals surface area contributed by atoms with Crippen molar-refractivity contribution in [2.24, 2.45) is 0 Å². The smallest absolute Gasteiger partial charge is 0.264 e. The molecule has 0 saturated heterocycles. The number of nitrogens with two attached hydrogens (primary N) is 1. The molecule has 0 amide bonds. The molecule has 0 saturated carbocycles. The third-order valence-corrected chi connectivity index (χ3v) is 6.12. The molecule has 1 heterocycles. The fourth-order valence-corrected chi connectivity index (χ4v) is 4.82. The molecule has 5 heteroatoms. The SMILES string of the molecule is Cc1ccc(S(=O)(=O)N2CCCc3c(N)cccc32)c(C)c1. The number of rotatable bonds is 2. The van der Waals surface area contributed by atoms with Gasteiger partial charge in [0.1, 0.15) is 0 Å². The number of anilines is 2. The average molecular weight is 316 g/mol. The molecule has 1 aliphatic heterocycles. The molecule has 3 rings (SSSR count). The van der Waals surface area contributed by atoms with Crippen LogP contribution in [0.5, 0.6) is 0 Å². The van der Waals surface area contributed by atoms with Gasteiger partial charge in [-0.3, -0.25) is 4.31 Å². The molecule has 116 valence electrons. The summed E-state index contributed by atoms with van der Waals surface area (Å²) in [6.07, 6.45) is 1.60. The standard InChI is InChI=1S/C17H20N2O2S/c1-12-8-9-17(13(2)11-12)22(20,21)19-10-4-5-14-15(18)6-3-7-16(14)19/h3,6-9,11H,4-5,10,18H2,1-2H3. The minimum atomic E-state index is -3.56. The summed E-state index contributed by atoms with van der Waals surface area (Å²) < 4.78 is 27.7. The highest BCUT2D eigenvalue weighted by molar-refractivity contribution is 7.92. The fraction of sp³-hybridized carbons (Fsp3) is 0.294. The van der Waals surface area contributed by atoms with Crippen molar-refractivity contribution in [3.63, 3.8) is 0 Å². The zero-order valence-corrected chi connectivity index (χ0v) is 13.7. The first-order chi connectivity index (χ1) is 10.4. The zero-order chi connectivity index (χ0) is 15.9. The number of nitrogen functional groups attached to an aromatic ring is 1. The van der Waals surface area contributed by atoms with E-state index in [1.165, 1.54) is 4.31 Å². The number of aryl methyl sites for hydroxylation is 2. The number of hydrogen-bond acceptors (Lipinski definition) is 3. The van der Waals surface area contributed by atoms with Crippen molar-refractivity contribution < 1.29 is 8.42 Å². The highest BCUT2D eigenvalue weighted by atomic mass is 32.2. The van der Waals surface area contributed by atoms with Crippen LogP contribution < -0.4 is 10.0 Å². The van der Waals surface area contributed by atoms with Crippen LogP contribution in [0.3, 0.4) is 0 Å². The van der Waals surface area contributed by atoms with Crippen molar-refractivity contribution in [3.8, 4) is 0 Å². The van der Waals surface area contributed by atoms with Gasteiger partial charge in [0.05, 0.1) is 10.6 Å². The predicted octanol–water partition coefficient (Wildman–Crippen LogP) is 3.03. The zero-order valence-electron chi connectivity index (χ0n) is 12.8. The van der Waals surface area contributed by atoms with E-state index >= 15 is 0 Å². The van der Waals surface area contributed by atoms with E-state index in [2.05, 4.69) is 0 Å². The normalized spacial score (nSPS) is 14.7. The van der Waals surface area contributed by atoms with Gasteiger partial charge in [-0.15, -0.1) is 0 Å². The quantitative estimate of drug-likeness (QED) is 0.866. The minimum absolute atomic E-state index is 0.369. The van der Waals surface area contributed by atoms with Crippen molar-refractivity contribution in [1.82, 2.24) is 0 Å².